The van der Waals surface area contributed by atoms with Crippen LogP contribution in [0.4, 0.5) is 5.69 Å². The van der Waals surface area contributed by atoms with Gasteiger partial charge >= 0.3 is 0 Å². The molecule has 5 nitrogen and oxygen atoms in total. The Balaban J connectivity index is 1.86. The molecule has 1 saturated heterocycles. The first kappa shape index (κ1) is 13.9. The van der Waals surface area contributed by atoms with Gasteiger partial charge in [0.1, 0.15) is 5.75 Å². The van der Waals surface area contributed by atoms with E-state index < -0.39 is 5.41 Å². The van der Waals surface area contributed by atoms with Crippen LogP contribution in [-0.2, 0) is 16.1 Å². The van der Waals surface area contributed by atoms with Crippen LogP contribution in [0.25, 0.3) is 0 Å². The zero-order chi connectivity index (χ0) is 15.0. The average Bonchev–Trinajstić information content (AvgIpc) is 3.01. The minimum Gasteiger partial charge on any atom is -0.496 e. The molecule has 1 aliphatic carbocycles. The molecule has 1 saturated carbocycles. The third kappa shape index (κ3) is 2.26. The Bertz CT molecular complexity index is 591. The number of rotatable bonds is 3. The number of carbonyl (C=O) groups excluding carboxylic acids is 2. The van der Waals surface area contributed by atoms with E-state index in [9.17, 15) is 9.59 Å². The van der Waals surface area contributed by atoms with Crippen LogP contribution in [0.2, 0.25) is 0 Å². The van der Waals surface area contributed by atoms with Crippen molar-refractivity contribution in [3.63, 3.8) is 0 Å². The van der Waals surface area contributed by atoms with Crippen molar-refractivity contribution in [3.8, 4) is 5.75 Å². The van der Waals surface area contributed by atoms with Gasteiger partial charge in [-0.05, 0) is 31.0 Å². The Labute approximate surface area is 124 Å². The highest BCUT2D eigenvalue weighted by Crippen LogP contribution is 2.47. The molecule has 1 aromatic rings. The number of imide groups is 1. The second kappa shape index (κ2) is 5.06. The third-order valence-corrected chi connectivity index (χ3v) is 4.68. The van der Waals surface area contributed by atoms with Crippen molar-refractivity contribution in [2.24, 2.45) is 5.41 Å². The standard InChI is InChI=1S/C16H20N2O3/c1-21-13-5-4-12(17)8-11(13)10-18-14(19)9-16(15(18)20)6-2-3-7-16/h4-5,8H,2-3,6-7,9-10,17H2,1H3. The van der Waals surface area contributed by atoms with Crippen LogP contribution in [0.1, 0.15) is 37.7 Å². The van der Waals surface area contributed by atoms with Crippen LogP contribution in [0.3, 0.4) is 0 Å². The molecule has 0 aromatic heterocycles. The summed E-state index contributed by atoms with van der Waals surface area (Å²) in [5, 5.41) is 0. The van der Waals surface area contributed by atoms with Crippen LogP contribution < -0.4 is 10.5 Å². The van der Waals surface area contributed by atoms with Crippen molar-refractivity contribution in [1.82, 2.24) is 4.90 Å². The largest absolute Gasteiger partial charge is 0.496 e. The lowest BCUT2D eigenvalue weighted by atomic mass is 9.84. The van der Waals surface area contributed by atoms with Gasteiger partial charge in [0.2, 0.25) is 11.8 Å². The molecule has 2 N–H and O–H groups in total. The van der Waals surface area contributed by atoms with E-state index in [0.717, 1.165) is 31.2 Å². The molecule has 2 amide bonds. The molecule has 1 spiro atoms. The van der Waals surface area contributed by atoms with Crippen LogP contribution in [0, 0.1) is 5.41 Å². The highest BCUT2D eigenvalue weighted by atomic mass is 16.5. The lowest BCUT2D eigenvalue weighted by Gasteiger charge is -2.21. The van der Waals surface area contributed by atoms with Gasteiger partial charge in [-0.25, -0.2) is 0 Å². The molecule has 1 heterocycles. The van der Waals surface area contributed by atoms with E-state index >= 15 is 0 Å². The zero-order valence-corrected chi connectivity index (χ0v) is 12.2. The summed E-state index contributed by atoms with van der Waals surface area (Å²) >= 11 is 0. The summed E-state index contributed by atoms with van der Waals surface area (Å²) in [5.41, 5.74) is 6.74. The number of nitrogens with zero attached hydrogens (tertiary/aromatic N) is 1. The predicted molar refractivity (Wildman–Crippen MR) is 78.5 cm³/mol. The number of nitrogen functional groups attached to an aromatic ring is 1. The van der Waals surface area contributed by atoms with E-state index in [2.05, 4.69) is 0 Å². The predicted octanol–water partition coefficient (Wildman–Crippen LogP) is 2.10. The third-order valence-electron chi connectivity index (χ3n) is 4.68. The fourth-order valence-corrected chi connectivity index (χ4v) is 3.55. The lowest BCUT2D eigenvalue weighted by molar-refractivity contribution is -0.142. The molecular formula is C16H20N2O3. The quantitative estimate of drug-likeness (QED) is 0.683. The van der Waals surface area contributed by atoms with E-state index in [0.29, 0.717) is 17.9 Å². The Morgan fingerprint density at radius 2 is 2.00 bits per heavy atom. The summed E-state index contributed by atoms with van der Waals surface area (Å²) in [6, 6.07) is 5.27. The molecule has 0 bridgehead atoms. The highest BCUT2D eigenvalue weighted by molar-refractivity contribution is 6.06. The first-order chi connectivity index (χ1) is 10.1. The van der Waals surface area contributed by atoms with E-state index in [1.807, 2.05) is 0 Å². The van der Waals surface area contributed by atoms with Gasteiger partial charge in [-0.2, -0.15) is 0 Å². The maximum absolute atomic E-state index is 12.7. The molecule has 2 fully saturated rings. The molecule has 0 atom stereocenters. The van der Waals surface area contributed by atoms with Crippen molar-refractivity contribution in [1.29, 1.82) is 0 Å². The fraction of sp³-hybridized carbons (Fsp3) is 0.500. The Kier molecular flexibility index (Phi) is 3.35. The van der Waals surface area contributed by atoms with E-state index in [-0.39, 0.29) is 18.4 Å². The average molecular weight is 288 g/mol. The van der Waals surface area contributed by atoms with Gasteiger partial charge < -0.3 is 10.5 Å². The first-order valence-corrected chi connectivity index (χ1v) is 7.33. The monoisotopic (exact) mass is 288 g/mol. The molecular weight excluding hydrogens is 268 g/mol. The zero-order valence-electron chi connectivity index (χ0n) is 12.2. The van der Waals surface area contributed by atoms with Gasteiger partial charge in [0.15, 0.2) is 0 Å². The maximum Gasteiger partial charge on any atom is 0.236 e. The smallest absolute Gasteiger partial charge is 0.236 e. The number of amides is 2. The summed E-state index contributed by atoms with van der Waals surface area (Å²) in [6.45, 7) is 0.244. The molecule has 0 radical (unpaired) electrons. The topological polar surface area (TPSA) is 72.6 Å². The number of carbonyl (C=O) groups is 2. The summed E-state index contributed by atoms with van der Waals surface area (Å²) in [5.74, 6) is 0.554. The maximum atomic E-state index is 12.7. The normalized spacial score (nSPS) is 20.5. The molecule has 0 unspecified atom stereocenters. The second-order valence-corrected chi connectivity index (χ2v) is 6.02. The second-order valence-electron chi connectivity index (χ2n) is 6.02. The first-order valence-electron chi connectivity index (χ1n) is 7.33. The van der Waals surface area contributed by atoms with E-state index in [1.54, 1.807) is 25.3 Å². The van der Waals surface area contributed by atoms with Crippen molar-refractivity contribution < 1.29 is 14.3 Å². The van der Waals surface area contributed by atoms with Gasteiger partial charge in [-0.1, -0.05) is 12.8 Å². The number of hydrogen-bond acceptors (Lipinski definition) is 4. The fourth-order valence-electron chi connectivity index (χ4n) is 3.55. The van der Waals surface area contributed by atoms with Gasteiger partial charge in [0.25, 0.3) is 0 Å². The molecule has 1 aromatic carbocycles. The van der Waals surface area contributed by atoms with Crippen LogP contribution in [-0.4, -0.2) is 23.8 Å². The number of methoxy groups -OCH3 is 1. The number of benzene rings is 1. The van der Waals surface area contributed by atoms with Gasteiger partial charge in [0.05, 0.1) is 19.1 Å². The number of ether oxygens (including phenoxy) is 1. The number of nitrogens with two attached hydrogens (primary N) is 1. The summed E-state index contributed by atoms with van der Waals surface area (Å²) in [6.07, 6.45) is 4.10. The van der Waals surface area contributed by atoms with Crippen LogP contribution in [0.15, 0.2) is 18.2 Å². The molecule has 3 rings (SSSR count). The highest BCUT2D eigenvalue weighted by Gasteiger charge is 2.52. The van der Waals surface area contributed by atoms with Crippen molar-refractivity contribution >= 4 is 17.5 Å². The lowest BCUT2D eigenvalue weighted by Crippen LogP contribution is -2.34. The Morgan fingerprint density at radius 1 is 1.29 bits per heavy atom. The molecule has 21 heavy (non-hydrogen) atoms. The molecule has 5 heteroatoms. The Hall–Kier alpha value is -2.04. The minimum atomic E-state index is -0.426. The van der Waals surface area contributed by atoms with Crippen LogP contribution >= 0.6 is 0 Å². The molecule has 112 valence electrons. The summed E-state index contributed by atoms with van der Waals surface area (Å²) < 4.78 is 5.29. The molecule has 2 aliphatic rings. The van der Waals surface area contributed by atoms with E-state index in [1.165, 1.54) is 4.90 Å². The molecule has 1 aliphatic heterocycles. The summed E-state index contributed by atoms with van der Waals surface area (Å²) in [4.78, 5) is 26.3. The Morgan fingerprint density at radius 3 is 2.67 bits per heavy atom. The van der Waals surface area contributed by atoms with Gasteiger partial charge in [-0.3, -0.25) is 14.5 Å². The van der Waals surface area contributed by atoms with Crippen molar-refractivity contribution in [2.45, 2.75) is 38.6 Å². The number of hydrogen-bond donors (Lipinski definition) is 1. The number of anilines is 1. The minimum absolute atomic E-state index is 0.0190. The van der Waals surface area contributed by atoms with Crippen LogP contribution in [0.5, 0.6) is 5.75 Å². The van der Waals surface area contributed by atoms with Crippen molar-refractivity contribution in [3.05, 3.63) is 23.8 Å². The van der Waals surface area contributed by atoms with Crippen molar-refractivity contribution in [2.75, 3.05) is 12.8 Å². The SMILES string of the molecule is COc1ccc(N)cc1CN1C(=O)CC2(CCCC2)C1=O. The number of likely N-dealkylation sites (tertiary alicyclic amines) is 1. The van der Waals surface area contributed by atoms with Gasteiger partial charge in [-0.15, -0.1) is 0 Å². The summed E-state index contributed by atoms with van der Waals surface area (Å²) in [7, 11) is 1.57. The van der Waals surface area contributed by atoms with Gasteiger partial charge in [0, 0.05) is 17.7 Å². The van der Waals surface area contributed by atoms with E-state index in [4.69, 9.17) is 10.5 Å².